The van der Waals surface area contributed by atoms with Crippen LogP contribution in [0.2, 0.25) is 0 Å². The third-order valence-corrected chi connectivity index (χ3v) is 3.82. The lowest BCUT2D eigenvalue weighted by atomic mass is 9.96. The fourth-order valence-electron chi connectivity index (χ4n) is 2.19. The van der Waals surface area contributed by atoms with E-state index in [-0.39, 0.29) is 5.97 Å². The van der Waals surface area contributed by atoms with Crippen molar-refractivity contribution >= 4 is 11.9 Å². The molecule has 0 N–H and O–H groups in total. The van der Waals surface area contributed by atoms with E-state index in [1.807, 2.05) is 30.3 Å². The second kappa shape index (κ2) is 6.12. The van der Waals surface area contributed by atoms with Gasteiger partial charge < -0.3 is 9.47 Å². The summed E-state index contributed by atoms with van der Waals surface area (Å²) in [4.78, 5) is 24.0. The summed E-state index contributed by atoms with van der Waals surface area (Å²) in [6.45, 7) is 5.25. The van der Waals surface area contributed by atoms with Crippen LogP contribution in [-0.2, 0) is 24.5 Å². The van der Waals surface area contributed by atoms with Crippen molar-refractivity contribution in [2.75, 3.05) is 6.61 Å². The number of rotatable bonds is 5. The maximum absolute atomic E-state index is 12.4. The predicted molar refractivity (Wildman–Crippen MR) is 78.5 cm³/mol. The van der Waals surface area contributed by atoms with E-state index in [1.165, 1.54) is 0 Å². The average molecular weight is 288 g/mol. The maximum Gasteiger partial charge on any atom is 0.337 e. The van der Waals surface area contributed by atoms with E-state index in [9.17, 15) is 9.59 Å². The number of hydrogen-bond donors (Lipinski definition) is 0. The Labute approximate surface area is 124 Å². The fourth-order valence-corrected chi connectivity index (χ4v) is 2.19. The third kappa shape index (κ3) is 3.15. The van der Waals surface area contributed by atoms with Crippen molar-refractivity contribution in [2.24, 2.45) is 0 Å². The number of esters is 2. The van der Waals surface area contributed by atoms with Crippen LogP contribution in [0.25, 0.3) is 0 Å². The molecular formula is C17H20O4. The summed E-state index contributed by atoms with van der Waals surface area (Å²) < 4.78 is 10.3. The molecule has 1 fully saturated rings. The summed E-state index contributed by atoms with van der Waals surface area (Å²) >= 11 is 0. The van der Waals surface area contributed by atoms with Crippen molar-refractivity contribution in [1.82, 2.24) is 0 Å². The van der Waals surface area contributed by atoms with Crippen molar-refractivity contribution < 1.29 is 19.1 Å². The zero-order chi connectivity index (χ0) is 15.5. The molecule has 0 saturated heterocycles. The van der Waals surface area contributed by atoms with Crippen LogP contribution in [0.5, 0.6) is 0 Å². The molecule has 1 aromatic carbocycles. The van der Waals surface area contributed by atoms with Gasteiger partial charge in [0.1, 0.15) is 5.76 Å². The van der Waals surface area contributed by atoms with Gasteiger partial charge in [0, 0.05) is 0 Å². The number of allylic oxidation sites excluding steroid dienone is 1. The van der Waals surface area contributed by atoms with Gasteiger partial charge in [0.25, 0.3) is 0 Å². The smallest absolute Gasteiger partial charge is 0.337 e. The molecule has 4 heteroatoms. The van der Waals surface area contributed by atoms with E-state index in [1.54, 1.807) is 20.8 Å². The molecule has 0 heterocycles. The number of carbonyl (C=O) groups excluding carboxylic acids is 2. The van der Waals surface area contributed by atoms with Gasteiger partial charge in [-0.05, 0) is 39.2 Å². The molecule has 1 aliphatic carbocycles. The molecule has 0 aliphatic heterocycles. The molecule has 0 bridgehead atoms. The number of carbonyl (C=O) groups is 2. The van der Waals surface area contributed by atoms with E-state index in [0.29, 0.717) is 17.9 Å². The molecule has 112 valence electrons. The van der Waals surface area contributed by atoms with Crippen molar-refractivity contribution in [3.05, 3.63) is 47.2 Å². The zero-order valence-corrected chi connectivity index (χ0v) is 12.6. The molecule has 1 aliphatic rings. The van der Waals surface area contributed by atoms with Crippen LogP contribution in [0.3, 0.4) is 0 Å². The highest BCUT2D eigenvalue weighted by atomic mass is 16.5. The van der Waals surface area contributed by atoms with Gasteiger partial charge in [-0.15, -0.1) is 0 Å². The Morgan fingerprint density at radius 3 is 2.29 bits per heavy atom. The molecule has 0 amide bonds. The van der Waals surface area contributed by atoms with Gasteiger partial charge in [0.05, 0.1) is 17.6 Å². The fraction of sp³-hybridized carbons (Fsp3) is 0.412. The molecule has 1 aromatic rings. The minimum atomic E-state index is -0.544. The first-order valence-electron chi connectivity index (χ1n) is 7.13. The number of benzene rings is 1. The van der Waals surface area contributed by atoms with Gasteiger partial charge in [0.15, 0.2) is 0 Å². The van der Waals surface area contributed by atoms with Gasteiger partial charge in [0.2, 0.25) is 0 Å². The summed E-state index contributed by atoms with van der Waals surface area (Å²) in [7, 11) is 0. The lowest BCUT2D eigenvalue weighted by Gasteiger charge is -2.16. The van der Waals surface area contributed by atoms with Crippen LogP contribution in [0.4, 0.5) is 0 Å². The molecule has 21 heavy (non-hydrogen) atoms. The molecular weight excluding hydrogens is 268 g/mol. The van der Waals surface area contributed by atoms with Crippen LogP contribution < -0.4 is 0 Å². The molecule has 0 aromatic heterocycles. The SMILES string of the molecule is CCOC(=O)C(C)=C(C)OC(=O)C1(c2ccccc2)CC1. The van der Waals surface area contributed by atoms with Crippen molar-refractivity contribution in [1.29, 1.82) is 0 Å². The molecule has 1 saturated carbocycles. The quantitative estimate of drug-likeness (QED) is 0.474. The highest BCUT2D eigenvalue weighted by molar-refractivity contribution is 5.91. The summed E-state index contributed by atoms with van der Waals surface area (Å²) in [6, 6.07) is 9.61. The lowest BCUT2D eigenvalue weighted by molar-refractivity contribution is -0.143. The summed E-state index contributed by atoms with van der Waals surface area (Å²) in [5, 5.41) is 0. The van der Waals surface area contributed by atoms with E-state index < -0.39 is 11.4 Å². The highest BCUT2D eigenvalue weighted by Gasteiger charge is 2.53. The molecule has 0 unspecified atom stereocenters. The van der Waals surface area contributed by atoms with Gasteiger partial charge >= 0.3 is 11.9 Å². The van der Waals surface area contributed by atoms with E-state index in [4.69, 9.17) is 9.47 Å². The highest BCUT2D eigenvalue weighted by Crippen LogP contribution is 2.49. The van der Waals surface area contributed by atoms with Gasteiger partial charge in [-0.2, -0.15) is 0 Å². The number of ether oxygens (including phenoxy) is 2. The second-order valence-corrected chi connectivity index (χ2v) is 5.24. The zero-order valence-electron chi connectivity index (χ0n) is 12.6. The lowest BCUT2D eigenvalue weighted by Crippen LogP contribution is -2.23. The first-order valence-corrected chi connectivity index (χ1v) is 7.13. The minimum Gasteiger partial charge on any atom is -0.463 e. The third-order valence-electron chi connectivity index (χ3n) is 3.82. The predicted octanol–water partition coefficient (Wildman–Crippen LogP) is 3.12. The van der Waals surface area contributed by atoms with E-state index in [0.717, 1.165) is 18.4 Å². The monoisotopic (exact) mass is 288 g/mol. The topological polar surface area (TPSA) is 52.6 Å². The van der Waals surface area contributed by atoms with Crippen molar-refractivity contribution in [3.63, 3.8) is 0 Å². The molecule has 0 spiro atoms. The summed E-state index contributed by atoms with van der Waals surface area (Å²) in [6.07, 6.45) is 1.56. The first-order chi connectivity index (χ1) is 10.0. The van der Waals surface area contributed by atoms with Crippen molar-refractivity contribution in [2.45, 2.75) is 39.0 Å². The normalized spacial score (nSPS) is 16.7. The van der Waals surface area contributed by atoms with E-state index in [2.05, 4.69) is 0 Å². The Morgan fingerprint density at radius 1 is 1.14 bits per heavy atom. The van der Waals surface area contributed by atoms with Crippen LogP contribution in [0, 0.1) is 0 Å². The Balaban J connectivity index is 2.12. The van der Waals surface area contributed by atoms with Crippen LogP contribution in [0.15, 0.2) is 41.7 Å². The van der Waals surface area contributed by atoms with Crippen LogP contribution in [-0.4, -0.2) is 18.5 Å². The Hall–Kier alpha value is -2.10. The number of hydrogen-bond acceptors (Lipinski definition) is 4. The molecule has 2 rings (SSSR count). The Bertz CT molecular complexity index is 568. The van der Waals surface area contributed by atoms with Gasteiger partial charge in [-0.1, -0.05) is 30.3 Å². The average Bonchev–Trinajstić information content (AvgIpc) is 3.29. The Morgan fingerprint density at radius 2 is 1.76 bits per heavy atom. The molecule has 0 atom stereocenters. The molecule has 4 nitrogen and oxygen atoms in total. The largest absolute Gasteiger partial charge is 0.463 e. The van der Waals surface area contributed by atoms with Gasteiger partial charge in [-0.25, -0.2) is 4.79 Å². The second-order valence-electron chi connectivity index (χ2n) is 5.24. The van der Waals surface area contributed by atoms with Crippen LogP contribution >= 0.6 is 0 Å². The minimum absolute atomic E-state index is 0.296. The van der Waals surface area contributed by atoms with Crippen LogP contribution in [0.1, 0.15) is 39.2 Å². The standard InChI is InChI=1S/C17H20O4/c1-4-20-15(18)12(2)13(3)21-16(19)17(10-11-17)14-8-6-5-7-9-14/h5-9H,4,10-11H2,1-3H3. The van der Waals surface area contributed by atoms with E-state index >= 15 is 0 Å². The summed E-state index contributed by atoms with van der Waals surface area (Å²) in [5.74, 6) is -0.442. The van der Waals surface area contributed by atoms with Gasteiger partial charge in [-0.3, -0.25) is 4.79 Å². The first kappa shape index (κ1) is 15.3. The van der Waals surface area contributed by atoms with Crippen molar-refractivity contribution in [3.8, 4) is 0 Å². The molecule has 0 radical (unpaired) electrons. The Kier molecular flexibility index (Phi) is 4.46. The maximum atomic E-state index is 12.4. The summed E-state index contributed by atoms with van der Waals surface area (Å²) in [5.41, 5.74) is 0.753.